The van der Waals surface area contributed by atoms with E-state index in [-0.39, 0.29) is 10.8 Å². The third-order valence-corrected chi connectivity index (χ3v) is 15.1. The van der Waals surface area contributed by atoms with Gasteiger partial charge in [-0.2, -0.15) is 0 Å². The maximum Gasteiger partial charge on any atom is 0.0635 e. The van der Waals surface area contributed by atoms with Crippen LogP contribution in [-0.4, -0.2) is 0 Å². The Kier molecular flexibility index (Phi) is 9.03. The Morgan fingerprint density at radius 2 is 0.556 bits per heavy atom. The van der Waals surface area contributed by atoms with Gasteiger partial charge in [0, 0.05) is 17.1 Å². The van der Waals surface area contributed by atoms with Crippen LogP contribution in [-0.2, 0) is 21.7 Å². The van der Waals surface area contributed by atoms with Crippen molar-refractivity contribution in [1.82, 2.24) is 0 Å². The number of nitrogens with zero attached hydrogens (tertiary/aromatic N) is 1. The van der Waals surface area contributed by atoms with Crippen molar-refractivity contribution in [2.24, 2.45) is 0 Å². The molecule has 0 unspecified atom stereocenters. The van der Waals surface area contributed by atoms with E-state index in [1.54, 1.807) is 0 Å². The first-order valence-electron chi connectivity index (χ1n) is 22.4. The van der Waals surface area contributed by atoms with Gasteiger partial charge in [0.15, 0.2) is 0 Å². The fraction of sp³-hybridized carbons (Fsp3) is 0.129. The third kappa shape index (κ3) is 5.49. The summed E-state index contributed by atoms with van der Waals surface area (Å²) in [6.07, 6.45) is 0. The molecule has 0 spiro atoms. The molecular formula is C62H51N. The smallest absolute Gasteiger partial charge is 0.0635 e. The molecule has 1 heteroatoms. The van der Waals surface area contributed by atoms with Crippen molar-refractivity contribution in [3.05, 3.63) is 281 Å². The Morgan fingerprint density at radius 3 is 1.00 bits per heavy atom. The van der Waals surface area contributed by atoms with Crippen LogP contribution in [0.5, 0.6) is 0 Å². The Bertz CT molecular complexity index is 3010. The maximum atomic E-state index is 2.47. The average molecular weight is 810 g/mol. The molecule has 0 N–H and O–H groups in total. The number of anilines is 3. The zero-order chi connectivity index (χ0) is 42.8. The Morgan fingerprint density at radius 1 is 0.254 bits per heavy atom. The summed E-state index contributed by atoms with van der Waals surface area (Å²) < 4.78 is 0. The first-order chi connectivity index (χ1) is 30.8. The van der Waals surface area contributed by atoms with Crippen LogP contribution in [0.1, 0.15) is 72.2 Å². The van der Waals surface area contributed by atoms with E-state index in [9.17, 15) is 0 Å². The molecule has 0 radical (unpaired) electrons. The molecule has 0 saturated carbocycles. The minimum atomic E-state index is -0.702. The number of hydrogen-bond donors (Lipinski definition) is 0. The second kappa shape index (κ2) is 14.7. The van der Waals surface area contributed by atoms with Crippen LogP contribution in [0.15, 0.2) is 237 Å². The third-order valence-electron chi connectivity index (χ3n) is 15.1. The molecule has 9 aromatic rings. The van der Waals surface area contributed by atoms with Crippen LogP contribution in [0.2, 0.25) is 0 Å². The topological polar surface area (TPSA) is 3.24 Å². The molecule has 11 rings (SSSR count). The molecule has 0 atom stereocenters. The second-order valence-electron chi connectivity index (χ2n) is 18.4. The van der Waals surface area contributed by atoms with Crippen LogP contribution < -0.4 is 4.90 Å². The van der Waals surface area contributed by atoms with Gasteiger partial charge in [-0.15, -0.1) is 0 Å². The van der Waals surface area contributed by atoms with E-state index in [0.29, 0.717) is 0 Å². The van der Waals surface area contributed by atoms with Crippen molar-refractivity contribution < 1.29 is 0 Å². The highest BCUT2D eigenvalue weighted by Gasteiger charge is 2.61. The summed E-state index contributed by atoms with van der Waals surface area (Å²) in [5.41, 5.74) is 17.3. The lowest BCUT2D eigenvalue weighted by Gasteiger charge is -2.57. The Hall–Kier alpha value is -7.22. The van der Waals surface area contributed by atoms with Gasteiger partial charge in [0.25, 0.3) is 0 Å². The van der Waals surface area contributed by atoms with Gasteiger partial charge in [-0.3, -0.25) is 0 Å². The fourth-order valence-electron chi connectivity index (χ4n) is 11.6. The van der Waals surface area contributed by atoms with E-state index in [1.807, 2.05) is 0 Å². The molecule has 1 nitrogen and oxygen atoms in total. The minimum Gasteiger partial charge on any atom is -0.310 e. The zero-order valence-corrected chi connectivity index (χ0v) is 36.5. The first-order valence-corrected chi connectivity index (χ1v) is 22.4. The standard InChI is InChI=1S/C62H51N/c1-59(2)55-36-22-20-34-51(55)53-42-49(38-40-56(53)60(59,3)4)63(48-32-18-9-19-33-48)50-39-41-58-54(43-50)52-35-21-23-37-57(52)61(44-24-10-5-11-25-44,45-26-12-6-13-27-45)62(58,46-28-14-7-15-29-46)47-30-16-8-17-31-47/h5-43H,1-4H3. The molecule has 0 saturated heterocycles. The van der Waals surface area contributed by atoms with Crippen molar-refractivity contribution in [1.29, 1.82) is 0 Å². The Balaban J connectivity index is 1.24. The molecule has 2 aliphatic rings. The molecule has 2 aliphatic carbocycles. The number of para-hydroxylation sites is 1. The van der Waals surface area contributed by atoms with Crippen molar-refractivity contribution >= 4 is 17.1 Å². The van der Waals surface area contributed by atoms with Gasteiger partial charge in [0.1, 0.15) is 0 Å². The van der Waals surface area contributed by atoms with Gasteiger partial charge in [0.05, 0.1) is 10.8 Å². The first kappa shape index (κ1) is 38.7. The number of rotatable bonds is 7. The van der Waals surface area contributed by atoms with Gasteiger partial charge < -0.3 is 4.90 Å². The highest BCUT2D eigenvalue weighted by Crippen LogP contribution is 2.66. The minimum absolute atomic E-state index is 0.0398. The summed E-state index contributed by atoms with van der Waals surface area (Å²) >= 11 is 0. The molecule has 0 amide bonds. The van der Waals surface area contributed by atoms with Crippen LogP contribution in [0.4, 0.5) is 17.1 Å². The van der Waals surface area contributed by atoms with Crippen molar-refractivity contribution in [2.45, 2.75) is 49.4 Å². The van der Waals surface area contributed by atoms with Gasteiger partial charge in [-0.05, 0) is 114 Å². The number of fused-ring (bicyclic) bond motifs is 6. The van der Waals surface area contributed by atoms with Crippen molar-refractivity contribution in [3.8, 4) is 22.3 Å². The van der Waals surface area contributed by atoms with E-state index in [0.717, 1.165) is 17.1 Å². The predicted octanol–water partition coefficient (Wildman–Crippen LogP) is 15.7. The monoisotopic (exact) mass is 809 g/mol. The predicted molar refractivity (Wildman–Crippen MR) is 264 cm³/mol. The molecule has 0 fully saturated rings. The van der Waals surface area contributed by atoms with Crippen molar-refractivity contribution in [2.75, 3.05) is 4.90 Å². The lowest BCUT2D eigenvalue weighted by Crippen LogP contribution is -2.54. The molecule has 9 aromatic carbocycles. The highest BCUT2D eigenvalue weighted by atomic mass is 15.1. The van der Waals surface area contributed by atoms with Gasteiger partial charge in [-0.1, -0.05) is 228 Å². The SMILES string of the molecule is CC1(C)c2ccccc2-c2cc(N(c3ccccc3)c3ccc4c(c3)-c3ccccc3C(c3ccccc3)(c3ccccc3)C4(c3ccccc3)c3ccccc3)ccc2C1(C)C. The van der Waals surface area contributed by atoms with E-state index >= 15 is 0 Å². The summed E-state index contributed by atoms with van der Waals surface area (Å²) in [5, 5.41) is 0. The van der Waals surface area contributed by atoms with Gasteiger partial charge >= 0.3 is 0 Å². The molecule has 0 aromatic heterocycles. The van der Waals surface area contributed by atoms with E-state index in [2.05, 4.69) is 269 Å². The van der Waals surface area contributed by atoms with Crippen molar-refractivity contribution in [3.63, 3.8) is 0 Å². The van der Waals surface area contributed by atoms with Gasteiger partial charge in [0.2, 0.25) is 0 Å². The van der Waals surface area contributed by atoms with E-state index < -0.39 is 10.8 Å². The van der Waals surface area contributed by atoms with Crippen LogP contribution >= 0.6 is 0 Å². The maximum absolute atomic E-state index is 2.47. The summed E-state index contributed by atoms with van der Waals surface area (Å²) in [4.78, 5) is 2.46. The summed E-state index contributed by atoms with van der Waals surface area (Å²) in [5.74, 6) is 0. The summed E-state index contributed by atoms with van der Waals surface area (Å²) in [6.45, 7) is 9.63. The Labute approximate surface area is 373 Å². The van der Waals surface area contributed by atoms with Gasteiger partial charge in [-0.25, -0.2) is 0 Å². The fourth-order valence-corrected chi connectivity index (χ4v) is 11.6. The molecule has 0 heterocycles. The highest BCUT2D eigenvalue weighted by molar-refractivity contribution is 5.91. The lowest BCUT2D eigenvalue weighted by molar-refractivity contribution is 0.299. The normalized spacial score (nSPS) is 15.8. The lowest BCUT2D eigenvalue weighted by atomic mass is 9.43. The summed E-state index contributed by atoms with van der Waals surface area (Å²) in [7, 11) is 0. The second-order valence-corrected chi connectivity index (χ2v) is 18.4. The van der Waals surface area contributed by atoms with Crippen LogP contribution in [0, 0.1) is 0 Å². The molecule has 304 valence electrons. The quantitative estimate of drug-likeness (QED) is 0.155. The van der Waals surface area contributed by atoms with Crippen LogP contribution in [0.25, 0.3) is 22.3 Å². The molecule has 0 bridgehead atoms. The van der Waals surface area contributed by atoms with E-state index in [4.69, 9.17) is 0 Å². The van der Waals surface area contributed by atoms with E-state index in [1.165, 1.54) is 66.8 Å². The molecular weight excluding hydrogens is 759 g/mol. The molecule has 63 heavy (non-hydrogen) atoms. The summed E-state index contributed by atoms with van der Waals surface area (Å²) in [6, 6.07) is 88.6. The van der Waals surface area contributed by atoms with Crippen LogP contribution in [0.3, 0.4) is 0 Å². The average Bonchev–Trinajstić information content (AvgIpc) is 3.34. The molecule has 0 aliphatic heterocycles. The largest absolute Gasteiger partial charge is 0.310 e. The number of hydrogen-bond acceptors (Lipinski definition) is 1. The number of benzene rings is 9. The zero-order valence-electron chi connectivity index (χ0n) is 36.5.